The Bertz CT molecular complexity index is 2090. The van der Waals surface area contributed by atoms with Gasteiger partial charge >= 0.3 is 39.5 Å². The molecule has 0 aromatic heterocycles. The molecule has 5 atom stereocenters. The first-order valence-electron chi connectivity index (χ1n) is 47.8. The maximum atomic E-state index is 13.2. The number of aliphatic hydroxyl groups is 1. The predicted octanol–water partition coefficient (Wildman–Crippen LogP) is 28.9. The van der Waals surface area contributed by atoms with E-state index in [1.165, 1.54) is 340 Å². The zero-order chi connectivity index (χ0) is 81.0. The van der Waals surface area contributed by atoms with Crippen LogP contribution < -0.4 is 0 Å². The molecule has 0 aromatic rings. The highest BCUT2D eigenvalue weighted by molar-refractivity contribution is 7.47. The fraction of sp³-hybridized carbons (Fsp3) is 0.957. The van der Waals surface area contributed by atoms with Crippen LogP contribution in [0.4, 0.5) is 0 Å². The topological polar surface area (TPSA) is 237 Å². The predicted molar refractivity (Wildman–Crippen MR) is 460 cm³/mol. The summed E-state index contributed by atoms with van der Waals surface area (Å²) in [5.74, 6) is -2.09. The zero-order valence-corrected chi connectivity index (χ0v) is 74.7. The lowest BCUT2D eigenvalue weighted by Crippen LogP contribution is -2.30. The number of aliphatic hydroxyl groups excluding tert-OH is 1. The van der Waals surface area contributed by atoms with Crippen LogP contribution in [0.25, 0.3) is 0 Å². The molecule has 0 aromatic carbocycles. The molecule has 660 valence electrons. The number of carbonyl (C=O) groups is 4. The fourth-order valence-corrected chi connectivity index (χ4v) is 16.2. The summed E-state index contributed by atoms with van der Waals surface area (Å²) >= 11 is 0. The van der Waals surface area contributed by atoms with Crippen molar-refractivity contribution in [3.63, 3.8) is 0 Å². The maximum Gasteiger partial charge on any atom is 0.472 e. The Morgan fingerprint density at radius 3 is 0.532 bits per heavy atom. The van der Waals surface area contributed by atoms with Gasteiger partial charge in [0.2, 0.25) is 0 Å². The first-order chi connectivity index (χ1) is 54.2. The first kappa shape index (κ1) is 109. The van der Waals surface area contributed by atoms with Crippen molar-refractivity contribution in [1.82, 2.24) is 0 Å². The lowest BCUT2D eigenvalue weighted by molar-refractivity contribution is -0.161. The van der Waals surface area contributed by atoms with Crippen LogP contribution in [0.2, 0.25) is 0 Å². The minimum Gasteiger partial charge on any atom is -0.462 e. The second-order valence-electron chi connectivity index (χ2n) is 33.1. The average molecular weight is 1620 g/mol. The van der Waals surface area contributed by atoms with E-state index in [1.807, 2.05) is 0 Å². The van der Waals surface area contributed by atoms with Crippen molar-refractivity contribution < 1.29 is 80.2 Å². The molecule has 0 saturated heterocycles. The minimum absolute atomic E-state index is 0.110. The van der Waals surface area contributed by atoms with Crippen molar-refractivity contribution in [3.8, 4) is 0 Å². The van der Waals surface area contributed by atoms with Crippen molar-refractivity contribution in [3.05, 3.63) is 0 Å². The van der Waals surface area contributed by atoms with E-state index in [0.29, 0.717) is 25.7 Å². The smallest absolute Gasteiger partial charge is 0.462 e. The van der Waals surface area contributed by atoms with E-state index >= 15 is 0 Å². The number of hydrogen-bond donors (Lipinski definition) is 3. The molecular formula is C92H180O17P2. The summed E-state index contributed by atoms with van der Waals surface area (Å²) in [4.78, 5) is 73.4. The summed E-state index contributed by atoms with van der Waals surface area (Å²) in [7, 11) is -9.93. The molecule has 0 radical (unpaired) electrons. The number of hydrogen-bond acceptors (Lipinski definition) is 15. The van der Waals surface area contributed by atoms with Crippen LogP contribution in [0.15, 0.2) is 0 Å². The summed E-state index contributed by atoms with van der Waals surface area (Å²) in [6, 6.07) is 0. The highest BCUT2D eigenvalue weighted by atomic mass is 31.2. The highest BCUT2D eigenvalue weighted by Gasteiger charge is 2.31. The number of esters is 4. The van der Waals surface area contributed by atoms with Crippen molar-refractivity contribution in [2.75, 3.05) is 39.6 Å². The van der Waals surface area contributed by atoms with Gasteiger partial charge in [-0.25, -0.2) is 9.13 Å². The van der Waals surface area contributed by atoms with E-state index < -0.39 is 97.5 Å². The monoisotopic (exact) mass is 1620 g/mol. The van der Waals surface area contributed by atoms with Gasteiger partial charge in [-0.05, 0) is 25.7 Å². The molecule has 0 rings (SSSR count). The summed E-state index contributed by atoms with van der Waals surface area (Å²) < 4.78 is 69.1. The molecule has 0 amide bonds. The lowest BCUT2D eigenvalue weighted by Gasteiger charge is -2.21. The van der Waals surface area contributed by atoms with Gasteiger partial charge in [-0.15, -0.1) is 0 Å². The van der Waals surface area contributed by atoms with Crippen LogP contribution in [-0.4, -0.2) is 96.7 Å². The van der Waals surface area contributed by atoms with E-state index in [4.69, 9.17) is 37.0 Å². The molecule has 0 bridgehead atoms. The number of ether oxygens (including phenoxy) is 4. The van der Waals surface area contributed by atoms with Gasteiger partial charge in [-0.1, -0.05) is 458 Å². The molecule has 0 spiro atoms. The van der Waals surface area contributed by atoms with E-state index in [2.05, 4.69) is 27.7 Å². The standard InChI is InChI=1S/C92H180O17P2/c1-5-9-13-17-21-25-29-32-35-38-41-43-46-49-52-55-59-63-67-71-75-79-92(97)109-88(83-103-90(95)77-73-69-65-61-57-53-50-47-45-42-39-36-33-30-26-22-18-14-10-6-2)85-107-111(100,101)105-81-86(93)80-104-110(98,99)106-84-87(82-102-89(94)76-72-68-64-60-56-28-24-20-16-12-8-4)108-91(96)78-74-70-66-62-58-54-51-48-44-40-37-34-31-27-23-19-15-11-7-3/h86-88,93H,5-85H2,1-4H3,(H,98,99)(H,100,101)/t86-,87+,88+/m0/s1. The van der Waals surface area contributed by atoms with E-state index in [0.717, 1.165) is 89.9 Å². The first-order valence-corrected chi connectivity index (χ1v) is 50.8. The molecule has 0 aliphatic rings. The third-order valence-corrected chi connectivity index (χ3v) is 23.8. The summed E-state index contributed by atoms with van der Waals surface area (Å²) in [5, 5.41) is 10.7. The normalized spacial score (nSPS) is 13.6. The molecular weight excluding hydrogens is 1440 g/mol. The molecule has 17 nitrogen and oxygen atoms in total. The van der Waals surface area contributed by atoms with Crippen LogP contribution in [0.3, 0.4) is 0 Å². The lowest BCUT2D eigenvalue weighted by atomic mass is 10.0. The van der Waals surface area contributed by atoms with Crippen LogP contribution in [0.1, 0.15) is 509 Å². The number of phosphoric acid groups is 2. The maximum absolute atomic E-state index is 13.2. The Balaban J connectivity index is 5.22. The highest BCUT2D eigenvalue weighted by Crippen LogP contribution is 2.45. The van der Waals surface area contributed by atoms with Crippen molar-refractivity contribution in [2.24, 2.45) is 0 Å². The van der Waals surface area contributed by atoms with E-state index in [9.17, 15) is 43.2 Å². The van der Waals surface area contributed by atoms with Gasteiger partial charge in [0.15, 0.2) is 12.2 Å². The van der Waals surface area contributed by atoms with Crippen LogP contribution >= 0.6 is 15.6 Å². The van der Waals surface area contributed by atoms with Crippen molar-refractivity contribution in [2.45, 2.75) is 528 Å². The molecule has 0 heterocycles. The molecule has 111 heavy (non-hydrogen) atoms. The number of unbranched alkanes of at least 4 members (excludes halogenated alkanes) is 67. The average Bonchev–Trinajstić information content (AvgIpc) is 0.899. The van der Waals surface area contributed by atoms with Gasteiger partial charge in [0.25, 0.3) is 0 Å². The zero-order valence-electron chi connectivity index (χ0n) is 73.0. The Morgan fingerprint density at radius 2 is 0.360 bits per heavy atom. The molecule has 0 aliphatic carbocycles. The Labute approximate surface area is 683 Å². The minimum atomic E-state index is -4.97. The largest absolute Gasteiger partial charge is 0.472 e. The Hall–Kier alpha value is -1.94. The SMILES string of the molecule is CCCCCCCCCCCCCCCCCCCCCCCC(=O)O[C@H](COC(=O)CCCCCCCCCCCCCCCCCCCCCC)COP(=O)(O)OC[C@@H](O)COP(=O)(O)OC[C@@H](COC(=O)CCCCCCCCCCCCC)OC(=O)CCCCCCCCCCCCCCCCCCCCC. The molecule has 0 saturated carbocycles. The molecule has 3 N–H and O–H groups in total. The quantitative estimate of drug-likeness (QED) is 0.0222. The van der Waals surface area contributed by atoms with Gasteiger partial charge in [0.05, 0.1) is 26.4 Å². The van der Waals surface area contributed by atoms with Gasteiger partial charge in [-0.3, -0.25) is 37.3 Å². The van der Waals surface area contributed by atoms with E-state index in [-0.39, 0.29) is 25.7 Å². The molecule has 2 unspecified atom stereocenters. The Kier molecular flexibility index (Phi) is 84.4. The van der Waals surface area contributed by atoms with Crippen molar-refractivity contribution in [1.29, 1.82) is 0 Å². The number of rotatable bonds is 93. The summed E-state index contributed by atoms with van der Waals surface area (Å²) in [6.45, 7) is 5.09. The number of carbonyl (C=O) groups excluding carboxylic acids is 4. The van der Waals surface area contributed by atoms with Gasteiger partial charge in [0, 0.05) is 25.7 Å². The molecule has 19 heteroatoms. The summed E-state index contributed by atoms with van der Waals surface area (Å²) in [6.07, 6.45) is 83.5. The van der Waals surface area contributed by atoms with E-state index in [1.54, 1.807) is 0 Å². The summed E-state index contributed by atoms with van der Waals surface area (Å²) in [5.41, 5.74) is 0. The van der Waals surface area contributed by atoms with Crippen LogP contribution in [-0.2, 0) is 65.4 Å². The molecule has 0 aliphatic heterocycles. The third-order valence-electron chi connectivity index (χ3n) is 21.9. The van der Waals surface area contributed by atoms with Gasteiger partial charge in [-0.2, -0.15) is 0 Å². The third kappa shape index (κ3) is 85.8. The van der Waals surface area contributed by atoms with Crippen LogP contribution in [0.5, 0.6) is 0 Å². The fourth-order valence-electron chi connectivity index (χ4n) is 14.6. The van der Waals surface area contributed by atoms with Crippen LogP contribution in [0, 0.1) is 0 Å². The van der Waals surface area contributed by atoms with Gasteiger partial charge in [0.1, 0.15) is 19.3 Å². The second kappa shape index (κ2) is 85.9. The molecule has 0 fully saturated rings. The van der Waals surface area contributed by atoms with Crippen molar-refractivity contribution >= 4 is 39.5 Å². The Morgan fingerprint density at radius 1 is 0.216 bits per heavy atom. The van der Waals surface area contributed by atoms with Gasteiger partial charge < -0.3 is 33.8 Å². The number of phosphoric ester groups is 2. The second-order valence-corrected chi connectivity index (χ2v) is 36.0.